The van der Waals surface area contributed by atoms with E-state index in [0.717, 1.165) is 0 Å². The van der Waals surface area contributed by atoms with Crippen LogP contribution in [0.15, 0.2) is 18.2 Å². The maximum Gasteiger partial charge on any atom is 0.216 e. The summed E-state index contributed by atoms with van der Waals surface area (Å²) in [7, 11) is 2.80. The Kier molecular flexibility index (Phi) is 2.84. The molecule has 0 spiro atoms. The monoisotopic (exact) mass is 183 g/mol. The molecule has 0 saturated heterocycles. The van der Waals surface area contributed by atoms with E-state index in [1.165, 1.54) is 32.4 Å². The Balaban J connectivity index is 3.13. The zero-order chi connectivity index (χ0) is 9.84. The van der Waals surface area contributed by atoms with Crippen LogP contribution in [0.1, 0.15) is 5.56 Å². The molecule has 1 aromatic rings. The van der Waals surface area contributed by atoms with Crippen molar-refractivity contribution in [2.24, 2.45) is 0 Å². The topological polar surface area (TPSA) is 42.3 Å². The van der Waals surface area contributed by atoms with Gasteiger partial charge in [-0.15, -0.1) is 0 Å². The smallest absolute Gasteiger partial charge is 0.216 e. The van der Waals surface area contributed by atoms with Gasteiger partial charge in [-0.3, -0.25) is 5.41 Å². The highest BCUT2D eigenvalue weighted by Gasteiger charge is 2.09. The molecule has 0 aliphatic rings. The number of hydrogen-bond acceptors (Lipinski definition) is 3. The lowest BCUT2D eigenvalue weighted by Crippen LogP contribution is -2.04. The summed E-state index contributed by atoms with van der Waals surface area (Å²) in [5, 5.41) is 7.37. The molecule has 4 heteroatoms. The first-order valence-corrected chi connectivity index (χ1v) is 3.65. The van der Waals surface area contributed by atoms with Crippen molar-refractivity contribution in [1.29, 1.82) is 5.41 Å². The number of halogens is 1. The molecule has 0 radical (unpaired) electrons. The summed E-state index contributed by atoms with van der Waals surface area (Å²) in [4.78, 5) is 0. The van der Waals surface area contributed by atoms with E-state index in [0.29, 0.717) is 11.3 Å². The molecule has 3 nitrogen and oxygen atoms in total. The second-order valence-electron chi connectivity index (χ2n) is 2.38. The fraction of sp³-hybridized carbons (Fsp3) is 0.222. The molecule has 0 saturated carbocycles. The third-order valence-corrected chi connectivity index (χ3v) is 1.61. The number of nitrogens with one attached hydrogen (secondary N) is 1. The standard InChI is InChI=1S/C9H10FNO2/c1-12-8-5-6(10)3-4-7(8)9(11)13-2/h3-5,11H,1-2H3. The number of hydrogen-bond donors (Lipinski definition) is 1. The Bertz CT molecular complexity index is 325. The lowest BCUT2D eigenvalue weighted by Gasteiger charge is -2.07. The van der Waals surface area contributed by atoms with Crippen molar-refractivity contribution < 1.29 is 13.9 Å². The summed E-state index contributed by atoms with van der Waals surface area (Å²) in [6, 6.07) is 3.91. The van der Waals surface area contributed by atoms with Crippen molar-refractivity contribution in [2.75, 3.05) is 14.2 Å². The largest absolute Gasteiger partial charge is 0.496 e. The molecule has 1 rings (SSSR count). The first-order valence-electron chi connectivity index (χ1n) is 3.65. The molecule has 1 N–H and O–H groups in total. The fourth-order valence-electron chi connectivity index (χ4n) is 0.963. The van der Waals surface area contributed by atoms with E-state index in [9.17, 15) is 4.39 Å². The Labute approximate surface area is 75.6 Å². The van der Waals surface area contributed by atoms with Gasteiger partial charge in [-0.1, -0.05) is 0 Å². The first kappa shape index (κ1) is 9.51. The van der Waals surface area contributed by atoms with Gasteiger partial charge in [0, 0.05) is 6.07 Å². The Hall–Kier alpha value is -1.58. The van der Waals surface area contributed by atoms with Crippen LogP contribution >= 0.6 is 0 Å². The molecular formula is C9H10FNO2. The predicted octanol–water partition coefficient (Wildman–Crippen LogP) is 1.81. The molecule has 0 aromatic heterocycles. The van der Waals surface area contributed by atoms with Gasteiger partial charge < -0.3 is 9.47 Å². The van der Waals surface area contributed by atoms with E-state index in [1.54, 1.807) is 0 Å². The molecule has 0 aliphatic heterocycles. The first-order chi connectivity index (χ1) is 6.19. The van der Waals surface area contributed by atoms with Crippen LogP contribution in [0.4, 0.5) is 4.39 Å². The van der Waals surface area contributed by atoms with Crippen LogP contribution < -0.4 is 4.74 Å². The number of benzene rings is 1. The van der Waals surface area contributed by atoms with Crippen molar-refractivity contribution in [3.05, 3.63) is 29.6 Å². The Morgan fingerprint density at radius 3 is 2.62 bits per heavy atom. The van der Waals surface area contributed by atoms with Gasteiger partial charge in [0.1, 0.15) is 11.6 Å². The predicted molar refractivity (Wildman–Crippen MR) is 46.8 cm³/mol. The van der Waals surface area contributed by atoms with Crippen LogP contribution in [0, 0.1) is 11.2 Å². The van der Waals surface area contributed by atoms with Crippen molar-refractivity contribution in [3.8, 4) is 5.75 Å². The third kappa shape index (κ3) is 1.96. The average molecular weight is 183 g/mol. The minimum absolute atomic E-state index is 0.0446. The highest BCUT2D eigenvalue weighted by molar-refractivity contribution is 5.94. The van der Waals surface area contributed by atoms with Gasteiger partial charge in [-0.25, -0.2) is 4.39 Å². The van der Waals surface area contributed by atoms with Gasteiger partial charge in [0.15, 0.2) is 0 Å². The molecule has 0 aliphatic carbocycles. The van der Waals surface area contributed by atoms with Crippen molar-refractivity contribution in [2.45, 2.75) is 0 Å². The second kappa shape index (κ2) is 3.89. The molecule has 0 amide bonds. The van der Waals surface area contributed by atoms with Gasteiger partial charge in [-0.2, -0.15) is 0 Å². The minimum atomic E-state index is -0.399. The summed E-state index contributed by atoms with van der Waals surface area (Å²) in [6.07, 6.45) is 0. The summed E-state index contributed by atoms with van der Waals surface area (Å²) in [6.45, 7) is 0. The van der Waals surface area contributed by atoms with E-state index < -0.39 is 5.82 Å². The average Bonchev–Trinajstić information content (AvgIpc) is 2.16. The maximum atomic E-state index is 12.7. The minimum Gasteiger partial charge on any atom is -0.496 e. The third-order valence-electron chi connectivity index (χ3n) is 1.61. The van der Waals surface area contributed by atoms with Gasteiger partial charge in [0.25, 0.3) is 0 Å². The van der Waals surface area contributed by atoms with Gasteiger partial charge in [-0.05, 0) is 12.1 Å². The van der Waals surface area contributed by atoms with Gasteiger partial charge >= 0.3 is 0 Å². The number of rotatable bonds is 2. The summed E-state index contributed by atoms with van der Waals surface area (Å²) < 4.78 is 22.3. The number of ether oxygens (including phenoxy) is 2. The molecule has 0 bridgehead atoms. The van der Waals surface area contributed by atoms with E-state index >= 15 is 0 Å². The maximum absolute atomic E-state index is 12.7. The Morgan fingerprint density at radius 2 is 2.08 bits per heavy atom. The Morgan fingerprint density at radius 1 is 1.38 bits per heavy atom. The zero-order valence-electron chi connectivity index (χ0n) is 7.43. The van der Waals surface area contributed by atoms with Crippen LogP contribution in [0.25, 0.3) is 0 Å². The SMILES string of the molecule is COC(=N)c1ccc(F)cc1OC. The fourth-order valence-corrected chi connectivity index (χ4v) is 0.963. The molecular weight excluding hydrogens is 173 g/mol. The molecule has 0 atom stereocenters. The molecule has 13 heavy (non-hydrogen) atoms. The van der Waals surface area contributed by atoms with Crippen LogP contribution in [0.2, 0.25) is 0 Å². The summed E-state index contributed by atoms with van der Waals surface area (Å²) in [5.74, 6) is -0.145. The molecule has 0 unspecified atom stereocenters. The van der Waals surface area contributed by atoms with Crippen molar-refractivity contribution >= 4 is 5.90 Å². The molecule has 70 valence electrons. The van der Waals surface area contributed by atoms with Crippen LogP contribution in [-0.2, 0) is 4.74 Å². The van der Waals surface area contributed by atoms with E-state index in [-0.39, 0.29) is 5.90 Å². The number of methoxy groups -OCH3 is 2. The quantitative estimate of drug-likeness (QED) is 0.561. The molecule has 0 fully saturated rings. The van der Waals surface area contributed by atoms with Gasteiger partial charge in [0.05, 0.1) is 19.8 Å². The van der Waals surface area contributed by atoms with Gasteiger partial charge in [0.2, 0.25) is 5.90 Å². The summed E-state index contributed by atoms with van der Waals surface area (Å²) >= 11 is 0. The highest BCUT2D eigenvalue weighted by Crippen LogP contribution is 2.19. The summed E-state index contributed by atoms with van der Waals surface area (Å²) in [5.41, 5.74) is 0.436. The highest BCUT2D eigenvalue weighted by atomic mass is 19.1. The van der Waals surface area contributed by atoms with Crippen LogP contribution in [-0.4, -0.2) is 20.1 Å². The van der Waals surface area contributed by atoms with E-state index in [1.807, 2.05) is 0 Å². The lowest BCUT2D eigenvalue weighted by molar-refractivity contribution is 0.386. The van der Waals surface area contributed by atoms with E-state index in [2.05, 4.69) is 0 Å². The normalized spacial score (nSPS) is 9.46. The van der Waals surface area contributed by atoms with Crippen LogP contribution in [0.3, 0.4) is 0 Å². The van der Waals surface area contributed by atoms with Crippen LogP contribution in [0.5, 0.6) is 5.75 Å². The zero-order valence-corrected chi connectivity index (χ0v) is 7.43. The molecule has 1 aromatic carbocycles. The van der Waals surface area contributed by atoms with E-state index in [4.69, 9.17) is 14.9 Å². The van der Waals surface area contributed by atoms with Crippen molar-refractivity contribution in [1.82, 2.24) is 0 Å². The molecule has 0 heterocycles. The van der Waals surface area contributed by atoms with Crippen molar-refractivity contribution in [3.63, 3.8) is 0 Å². The second-order valence-corrected chi connectivity index (χ2v) is 2.38. The lowest BCUT2D eigenvalue weighted by atomic mass is 10.2.